The number of carbonyl (C=O) groups is 2. The summed E-state index contributed by atoms with van der Waals surface area (Å²) in [6.07, 6.45) is 2.39. The number of benzene rings is 1. The van der Waals surface area contributed by atoms with Crippen molar-refractivity contribution in [2.45, 2.75) is 13.8 Å². The Morgan fingerprint density at radius 3 is 1.13 bits per heavy atom. The summed E-state index contributed by atoms with van der Waals surface area (Å²) in [5.41, 5.74) is 0. The summed E-state index contributed by atoms with van der Waals surface area (Å²) in [6.45, 7) is 4.00. The van der Waals surface area contributed by atoms with Crippen LogP contribution in [0.25, 0.3) is 0 Å². The Kier molecular flexibility index (Phi) is 7.59. The first-order valence-electron chi connectivity index (χ1n) is 4.82. The van der Waals surface area contributed by atoms with Crippen LogP contribution in [0, 0.1) is 0 Å². The molecular formula is C12H15NO2. The van der Waals surface area contributed by atoms with Gasteiger partial charge in [0.15, 0.2) is 0 Å². The van der Waals surface area contributed by atoms with E-state index in [-0.39, 0.29) is 11.8 Å². The average Bonchev–Trinajstić information content (AvgIpc) is 2.69. The molecule has 0 saturated carbocycles. The van der Waals surface area contributed by atoms with Gasteiger partial charge in [0.25, 0.3) is 11.8 Å². The largest absolute Gasteiger partial charge is 0.289 e. The fourth-order valence-electron chi connectivity index (χ4n) is 0.741. The highest BCUT2D eigenvalue weighted by Crippen LogP contribution is 1.82. The molecule has 0 spiro atoms. The number of amides is 2. The lowest BCUT2D eigenvalue weighted by atomic mass is 10.4. The predicted octanol–water partition coefficient (Wildman–Crippen LogP) is 1.91. The van der Waals surface area contributed by atoms with E-state index in [1.165, 1.54) is 12.2 Å². The maximum Gasteiger partial charge on any atom is 0.250 e. The summed E-state index contributed by atoms with van der Waals surface area (Å²) in [5.74, 6) is -0.657. The molecule has 1 N–H and O–H groups in total. The number of rotatable bonds is 0. The second kappa shape index (κ2) is 8.69. The van der Waals surface area contributed by atoms with Crippen LogP contribution in [0.1, 0.15) is 13.8 Å². The first kappa shape index (κ1) is 13.1. The molecule has 0 aliphatic carbocycles. The Balaban J connectivity index is 0.000000227. The monoisotopic (exact) mass is 205 g/mol. The number of hydrogen-bond acceptors (Lipinski definition) is 2. The van der Waals surface area contributed by atoms with Gasteiger partial charge in [0, 0.05) is 12.2 Å². The van der Waals surface area contributed by atoms with Crippen molar-refractivity contribution >= 4 is 11.8 Å². The van der Waals surface area contributed by atoms with Gasteiger partial charge in [0.2, 0.25) is 0 Å². The first-order chi connectivity index (χ1) is 7.29. The summed E-state index contributed by atoms with van der Waals surface area (Å²) in [7, 11) is 0. The van der Waals surface area contributed by atoms with Gasteiger partial charge in [-0.1, -0.05) is 50.2 Å². The normalized spacial score (nSPS) is 11.9. The van der Waals surface area contributed by atoms with Crippen molar-refractivity contribution in [1.29, 1.82) is 0 Å². The molecule has 0 fully saturated rings. The standard InChI is InChI=1S/C6H6.C4H3NO2.C2H6/c1-2-4-6-5-3-1;6-3-1-2-4(7)5-3;1-2/h1-6H;1-2H,(H,5,6,7);1-2H3. The summed E-state index contributed by atoms with van der Waals surface area (Å²) < 4.78 is 0. The molecular weight excluding hydrogens is 190 g/mol. The van der Waals surface area contributed by atoms with E-state index in [1.54, 1.807) is 0 Å². The van der Waals surface area contributed by atoms with Crippen molar-refractivity contribution in [3.05, 3.63) is 48.6 Å². The summed E-state index contributed by atoms with van der Waals surface area (Å²) in [5, 5.41) is 2.03. The average molecular weight is 205 g/mol. The highest BCUT2D eigenvalue weighted by molar-refractivity contribution is 6.12. The lowest BCUT2D eigenvalue weighted by Crippen LogP contribution is -2.19. The van der Waals surface area contributed by atoms with Crippen LogP contribution in [0.15, 0.2) is 48.6 Å². The summed E-state index contributed by atoms with van der Waals surface area (Å²) in [6, 6.07) is 12.0. The molecule has 0 saturated heterocycles. The summed E-state index contributed by atoms with van der Waals surface area (Å²) >= 11 is 0. The van der Waals surface area contributed by atoms with Crippen molar-refractivity contribution in [3.63, 3.8) is 0 Å². The SMILES string of the molecule is CC.O=C1C=CC(=O)N1.c1ccccc1. The highest BCUT2D eigenvalue weighted by atomic mass is 16.2. The van der Waals surface area contributed by atoms with Gasteiger partial charge in [-0.25, -0.2) is 0 Å². The fraction of sp³-hybridized carbons (Fsp3) is 0.167. The van der Waals surface area contributed by atoms with Crippen molar-refractivity contribution in [2.75, 3.05) is 0 Å². The van der Waals surface area contributed by atoms with Crippen LogP contribution in [-0.2, 0) is 9.59 Å². The third-order valence-corrected chi connectivity index (χ3v) is 1.30. The van der Waals surface area contributed by atoms with Crippen LogP contribution >= 0.6 is 0 Å². The van der Waals surface area contributed by atoms with Gasteiger partial charge in [-0.05, 0) is 0 Å². The van der Waals surface area contributed by atoms with Crippen LogP contribution in [0.4, 0.5) is 0 Å². The Hall–Kier alpha value is -1.90. The third-order valence-electron chi connectivity index (χ3n) is 1.30. The smallest absolute Gasteiger partial charge is 0.250 e. The van der Waals surface area contributed by atoms with E-state index >= 15 is 0 Å². The fourth-order valence-corrected chi connectivity index (χ4v) is 0.741. The first-order valence-corrected chi connectivity index (χ1v) is 4.82. The molecule has 3 heteroatoms. The molecule has 1 aliphatic heterocycles. The van der Waals surface area contributed by atoms with Crippen molar-refractivity contribution in [2.24, 2.45) is 0 Å². The molecule has 80 valence electrons. The maximum atomic E-state index is 10.0. The van der Waals surface area contributed by atoms with E-state index in [1.807, 2.05) is 55.6 Å². The third kappa shape index (κ3) is 7.19. The van der Waals surface area contributed by atoms with Crippen LogP contribution in [-0.4, -0.2) is 11.8 Å². The molecule has 3 nitrogen and oxygen atoms in total. The van der Waals surface area contributed by atoms with Crippen LogP contribution in [0.3, 0.4) is 0 Å². The minimum atomic E-state index is -0.329. The number of carbonyl (C=O) groups excluding carboxylic acids is 2. The Morgan fingerprint density at radius 1 is 0.733 bits per heavy atom. The second-order valence-electron chi connectivity index (χ2n) is 2.34. The van der Waals surface area contributed by atoms with E-state index in [0.717, 1.165) is 0 Å². The molecule has 0 unspecified atom stereocenters. The molecule has 0 atom stereocenters. The van der Waals surface area contributed by atoms with Crippen LogP contribution in [0.5, 0.6) is 0 Å². The molecule has 0 bridgehead atoms. The number of nitrogens with one attached hydrogen (secondary N) is 1. The van der Waals surface area contributed by atoms with Gasteiger partial charge in [-0.3, -0.25) is 14.9 Å². The molecule has 1 aliphatic rings. The predicted molar refractivity (Wildman–Crippen MR) is 60.1 cm³/mol. The van der Waals surface area contributed by atoms with E-state index in [9.17, 15) is 9.59 Å². The zero-order valence-corrected chi connectivity index (χ0v) is 8.94. The number of hydrogen-bond donors (Lipinski definition) is 1. The van der Waals surface area contributed by atoms with E-state index in [2.05, 4.69) is 0 Å². The molecule has 2 rings (SSSR count). The molecule has 0 aromatic heterocycles. The molecule has 0 radical (unpaired) electrons. The maximum absolute atomic E-state index is 10.0. The number of imide groups is 1. The van der Waals surface area contributed by atoms with Crippen molar-refractivity contribution < 1.29 is 9.59 Å². The lowest BCUT2D eigenvalue weighted by Gasteiger charge is -1.80. The van der Waals surface area contributed by atoms with E-state index in [0.29, 0.717) is 0 Å². The quantitative estimate of drug-likeness (QED) is 0.658. The van der Waals surface area contributed by atoms with Gasteiger partial charge >= 0.3 is 0 Å². The van der Waals surface area contributed by atoms with Gasteiger partial charge in [-0.2, -0.15) is 0 Å². The van der Waals surface area contributed by atoms with Crippen molar-refractivity contribution in [3.8, 4) is 0 Å². The molecule has 1 aromatic rings. The minimum Gasteiger partial charge on any atom is -0.289 e. The second-order valence-corrected chi connectivity index (χ2v) is 2.34. The topological polar surface area (TPSA) is 46.2 Å². The Bertz CT molecular complexity index is 275. The zero-order valence-electron chi connectivity index (χ0n) is 8.94. The molecule has 1 heterocycles. The van der Waals surface area contributed by atoms with E-state index < -0.39 is 0 Å². The molecule has 1 aromatic carbocycles. The van der Waals surface area contributed by atoms with Gasteiger partial charge < -0.3 is 0 Å². The van der Waals surface area contributed by atoms with Gasteiger partial charge in [-0.15, -0.1) is 0 Å². The van der Waals surface area contributed by atoms with E-state index in [4.69, 9.17) is 0 Å². The Morgan fingerprint density at radius 2 is 1.00 bits per heavy atom. The van der Waals surface area contributed by atoms with Crippen molar-refractivity contribution in [1.82, 2.24) is 5.32 Å². The summed E-state index contributed by atoms with van der Waals surface area (Å²) in [4.78, 5) is 20.1. The Labute approximate surface area is 89.8 Å². The minimum absolute atomic E-state index is 0.329. The molecule has 2 amide bonds. The molecule has 15 heavy (non-hydrogen) atoms. The van der Waals surface area contributed by atoms with Crippen LogP contribution < -0.4 is 5.32 Å². The lowest BCUT2D eigenvalue weighted by molar-refractivity contribution is -0.123. The van der Waals surface area contributed by atoms with Gasteiger partial charge in [0.05, 0.1) is 0 Å². The zero-order chi connectivity index (χ0) is 11.5. The highest BCUT2D eigenvalue weighted by Gasteiger charge is 2.06. The van der Waals surface area contributed by atoms with Crippen LogP contribution in [0.2, 0.25) is 0 Å². The van der Waals surface area contributed by atoms with Gasteiger partial charge in [0.1, 0.15) is 0 Å².